The van der Waals surface area contributed by atoms with Gasteiger partial charge in [0.15, 0.2) is 5.82 Å². The molecule has 7 nitrogen and oxygen atoms in total. The monoisotopic (exact) mass is 425 g/mol. The van der Waals surface area contributed by atoms with E-state index in [0.29, 0.717) is 16.7 Å². The number of oxime groups is 1. The summed E-state index contributed by atoms with van der Waals surface area (Å²) in [5.74, 6) is 0.167. The van der Waals surface area contributed by atoms with E-state index in [9.17, 15) is 4.79 Å². The molecule has 0 N–H and O–H groups in total. The number of aromatic nitrogens is 3. The van der Waals surface area contributed by atoms with Crippen molar-refractivity contribution < 1.29 is 9.63 Å². The van der Waals surface area contributed by atoms with Crippen LogP contribution in [0.25, 0.3) is 11.4 Å². The number of hydrogen-bond donors (Lipinski definition) is 0. The molecule has 0 bridgehead atoms. The summed E-state index contributed by atoms with van der Waals surface area (Å²) >= 11 is 1.29. The van der Waals surface area contributed by atoms with Gasteiger partial charge in [0.25, 0.3) is 4.87 Å². The molecule has 0 saturated heterocycles. The van der Waals surface area contributed by atoms with Crippen molar-refractivity contribution in [3.8, 4) is 11.4 Å². The zero-order valence-corrected chi connectivity index (χ0v) is 16.9. The second-order valence-corrected chi connectivity index (χ2v) is 8.22. The standard InChI is InChI=1S/C23H15N5O2S/c29-21-23(19(26-30-21)16-10-4-1-5-11-16)28(18-14-8-3-9-15-18)27-20(24-25-22(27)31-23)17-12-6-2-7-13-17/h1-15H. The lowest BCUT2D eigenvalue weighted by Gasteiger charge is -2.33. The van der Waals surface area contributed by atoms with Gasteiger partial charge in [-0.15, -0.1) is 10.2 Å². The van der Waals surface area contributed by atoms with Crippen LogP contribution in [0.4, 0.5) is 5.69 Å². The summed E-state index contributed by atoms with van der Waals surface area (Å²) < 4.78 is 1.88. The summed E-state index contributed by atoms with van der Waals surface area (Å²) in [6.45, 7) is 0. The molecule has 0 fully saturated rings. The van der Waals surface area contributed by atoms with Gasteiger partial charge in [0.1, 0.15) is 5.71 Å². The Kier molecular flexibility index (Phi) is 3.94. The molecule has 3 heterocycles. The van der Waals surface area contributed by atoms with E-state index in [1.807, 2.05) is 101 Å². The van der Waals surface area contributed by atoms with Gasteiger partial charge in [0.05, 0.1) is 5.69 Å². The first-order valence-electron chi connectivity index (χ1n) is 9.70. The van der Waals surface area contributed by atoms with E-state index in [2.05, 4.69) is 15.4 Å². The second kappa shape index (κ2) is 6.82. The third kappa shape index (κ3) is 2.55. The first-order valence-corrected chi connectivity index (χ1v) is 10.5. The predicted molar refractivity (Wildman–Crippen MR) is 117 cm³/mol. The first kappa shape index (κ1) is 17.9. The first-order chi connectivity index (χ1) is 15.3. The largest absolute Gasteiger partial charge is 0.379 e. The van der Waals surface area contributed by atoms with Gasteiger partial charge in [-0.3, -0.25) is 0 Å². The zero-order valence-electron chi connectivity index (χ0n) is 16.1. The fraction of sp³-hybridized carbons (Fsp3) is 0.0435. The van der Waals surface area contributed by atoms with Crippen molar-refractivity contribution >= 4 is 29.1 Å². The Morgan fingerprint density at radius 3 is 2.06 bits per heavy atom. The molecule has 1 atom stereocenters. The number of fused-ring (bicyclic) bond motifs is 1. The zero-order chi connectivity index (χ0) is 20.8. The number of para-hydroxylation sites is 1. The van der Waals surface area contributed by atoms with Crippen LogP contribution in [0.1, 0.15) is 5.56 Å². The maximum atomic E-state index is 13.3. The number of carbonyl (C=O) groups is 1. The van der Waals surface area contributed by atoms with Gasteiger partial charge in [0, 0.05) is 11.1 Å². The fourth-order valence-electron chi connectivity index (χ4n) is 3.89. The van der Waals surface area contributed by atoms with Crippen molar-refractivity contribution in [2.45, 2.75) is 10.0 Å². The molecule has 2 aliphatic rings. The molecular formula is C23H15N5O2S. The lowest BCUT2D eigenvalue weighted by Crippen LogP contribution is -2.55. The number of thioether (sulfide) groups is 1. The quantitative estimate of drug-likeness (QED) is 0.463. The third-order valence-electron chi connectivity index (χ3n) is 5.25. The molecule has 3 aromatic carbocycles. The predicted octanol–water partition coefficient (Wildman–Crippen LogP) is 3.98. The highest BCUT2D eigenvalue weighted by molar-refractivity contribution is 8.02. The Bertz CT molecular complexity index is 1310. The van der Waals surface area contributed by atoms with Crippen LogP contribution >= 0.6 is 11.8 Å². The van der Waals surface area contributed by atoms with E-state index in [0.717, 1.165) is 16.8 Å². The number of nitrogens with zero attached hydrogens (tertiary/aromatic N) is 5. The molecule has 31 heavy (non-hydrogen) atoms. The molecule has 0 aliphatic carbocycles. The van der Waals surface area contributed by atoms with E-state index in [4.69, 9.17) is 4.84 Å². The molecule has 0 amide bonds. The average molecular weight is 425 g/mol. The van der Waals surface area contributed by atoms with Crippen molar-refractivity contribution in [1.82, 2.24) is 14.9 Å². The summed E-state index contributed by atoms with van der Waals surface area (Å²) in [6.07, 6.45) is 0. The smallest absolute Gasteiger partial charge is 0.314 e. The van der Waals surface area contributed by atoms with Crippen molar-refractivity contribution in [2.24, 2.45) is 5.16 Å². The fourth-order valence-corrected chi connectivity index (χ4v) is 5.13. The minimum atomic E-state index is -1.25. The molecule has 4 aromatic rings. The Hall–Kier alpha value is -3.91. The topological polar surface area (TPSA) is 72.6 Å². The van der Waals surface area contributed by atoms with Gasteiger partial charge in [-0.1, -0.05) is 84.0 Å². The highest BCUT2D eigenvalue weighted by Crippen LogP contribution is 2.51. The van der Waals surface area contributed by atoms with Crippen LogP contribution in [-0.4, -0.2) is 31.4 Å². The van der Waals surface area contributed by atoms with Gasteiger partial charge in [0.2, 0.25) is 5.16 Å². The van der Waals surface area contributed by atoms with Crippen LogP contribution in [0.2, 0.25) is 0 Å². The van der Waals surface area contributed by atoms with Gasteiger partial charge in [-0.25, -0.2) is 14.5 Å². The summed E-state index contributed by atoms with van der Waals surface area (Å²) in [4.78, 5) is 17.3. The normalized spacial score (nSPS) is 19.4. The molecule has 0 saturated carbocycles. The van der Waals surface area contributed by atoms with Crippen LogP contribution in [0, 0.1) is 0 Å². The maximum Gasteiger partial charge on any atom is 0.379 e. The average Bonchev–Trinajstić information content (AvgIpc) is 3.48. The lowest BCUT2D eigenvalue weighted by molar-refractivity contribution is -0.142. The van der Waals surface area contributed by atoms with Crippen molar-refractivity contribution in [3.63, 3.8) is 0 Å². The Morgan fingerprint density at radius 2 is 1.39 bits per heavy atom. The van der Waals surface area contributed by atoms with E-state index < -0.39 is 10.8 Å². The molecular weight excluding hydrogens is 410 g/mol. The molecule has 6 rings (SSSR count). The van der Waals surface area contributed by atoms with Crippen LogP contribution in [0.15, 0.2) is 101 Å². The number of rotatable bonds is 3. The molecule has 1 aromatic heterocycles. The molecule has 2 aliphatic heterocycles. The van der Waals surface area contributed by atoms with Crippen molar-refractivity contribution in [2.75, 3.05) is 5.01 Å². The SMILES string of the molecule is O=C1ON=C(c2ccccc2)C12Sc1nnc(-c3ccccc3)n1N2c1ccccc1. The van der Waals surface area contributed by atoms with E-state index in [1.54, 1.807) is 0 Å². The van der Waals surface area contributed by atoms with Gasteiger partial charge in [-0.05, 0) is 23.9 Å². The number of anilines is 1. The summed E-state index contributed by atoms with van der Waals surface area (Å²) in [5, 5.41) is 15.5. The molecule has 1 spiro atoms. The molecule has 1 unspecified atom stereocenters. The van der Waals surface area contributed by atoms with Crippen LogP contribution in [0.5, 0.6) is 0 Å². The highest BCUT2D eigenvalue weighted by atomic mass is 32.2. The van der Waals surface area contributed by atoms with Crippen LogP contribution in [0.3, 0.4) is 0 Å². The molecule has 8 heteroatoms. The van der Waals surface area contributed by atoms with Gasteiger partial charge >= 0.3 is 5.97 Å². The number of hydrogen-bond acceptors (Lipinski definition) is 7. The van der Waals surface area contributed by atoms with E-state index >= 15 is 0 Å². The minimum absolute atomic E-state index is 0.468. The van der Waals surface area contributed by atoms with Gasteiger partial charge in [-0.2, -0.15) is 0 Å². The summed E-state index contributed by atoms with van der Waals surface area (Å²) in [7, 11) is 0. The molecule has 0 radical (unpaired) electrons. The minimum Gasteiger partial charge on any atom is -0.314 e. The van der Waals surface area contributed by atoms with E-state index in [1.165, 1.54) is 11.8 Å². The van der Waals surface area contributed by atoms with Crippen LogP contribution < -0.4 is 5.01 Å². The number of benzene rings is 3. The van der Waals surface area contributed by atoms with Crippen LogP contribution in [-0.2, 0) is 9.63 Å². The van der Waals surface area contributed by atoms with Gasteiger partial charge < -0.3 is 4.84 Å². The van der Waals surface area contributed by atoms with E-state index in [-0.39, 0.29) is 0 Å². The second-order valence-electron chi connectivity index (χ2n) is 7.06. The number of carbonyl (C=O) groups excluding carboxylic acids is 1. The lowest BCUT2D eigenvalue weighted by atomic mass is 10.0. The Labute approximate surface area is 181 Å². The third-order valence-corrected chi connectivity index (χ3v) is 6.51. The maximum absolute atomic E-state index is 13.3. The van der Waals surface area contributed by atoms with Crippen molar-refractivity contribution in [1.29, 1.82) is 0 Å². The Morgan fingerprint density at radius 1 is 0.774 bits per heavy atom. The highest BCUT2D eigenvalue weighted by Gasteiger charge is 2.63. The summed E-state index contributed by atoms with van der Waals surface area (Å²) in [6, 6.07) is 29.0. The Balaban J connectivity index is 1.61. The van der Waals surface area contributed by atoms with Crippen molar-refractivity contribution in [3.05, 3.63) is 96.6 Å². The summed E-state index contributed by atoms with van der Waals surface area (Å²) in [5.41, 5.74) is 3.02. The molecule has 150 valence electrons.